The Bertz CT molecular complexity index is 1730. The molecule has 0 spiro atoms. The van der Waals surface area contributed by atoms with Gasteiger partial charge in [-0.1, -0.05) is 166 Å². The van der Waals surface area contributed by atoms with Crippen molar-refractivity contribution in [3.05, 3.63) is 0 Å². The van der Waals surface area contributed by atoms with Gasteiger partial charge in [0.25, 0.3) is 35.4 Å². The molecule has 1 fully saturated rings. The lowest BCUT2D eigenvalue weighted by molar-refractivity contribution is -0.169. The zero-order chi connectivity index (χ0) is 65.3. The second-order valence-corrected chi connectivity index (χ2v) is 26.0. The van der Waals surface area contributed by atoms with E-state index in [4.69, 9.17) is 28.4 Å². The van der Waals surface area contributed by atoms with Gasteiger partial charge in [0.15, 0.2) is 36.6 Å². The first-order valence-electron chi connectivity index (χ1n) is 29.6. The SMILES string of the molecule is CC(C)[C@@H]1NC(=O)[C@H](C(C)C)OC(=O)[C@@H](C(C)C)NC(=O)[C@@H](C(C)C)OC(=O)[C@H](C(C)C)NC(=O)[C@@H](C(C)C)OC(=O)[C@@H](C(C)C)NC(=O)[C@@H](C(C)C)OC(=O)[C@H](C(C)C)NC(=O)[C@H](C(C)C)OC(=O)[C@@H](C(C)C)NC(=O)[C@@H](C(C)C)OC1=O. The van der Waals surface area contributed by atoms with Crippen molar-refractivity contribution in [3.63, 3.8) is 0 Å². The first-order chi connectivity index (χ1) is 38.6. The summed E-state index contributed by atoms with van der Waals surface area (Å²) >= 11 is 0. The van der Waals surface area contributed by atoms with Gasteiger partial charge in [0.05, 0.1) is 0 Å². The third-order valence-electron chi connectivity index (χ3n) is 14.0. The third-order valence-corrected chi connectivity index (χ3v) is 14.0. The summed E-state index contributed by atoms with van der Waals surface area (Å²) in [6.07, 6.45) is -9.25. The van der Waals surface area contributed by atoms with E-state index in [0.717, 1.165) is 0 Å². The Hall–Kier alpha value is -6.36. The van der Waals surface area contributed by atoms with Crippen molar-refractivity contribution in [3.8, 4) is 0 Å². The Morgan fingerprint density at radius 2 is 0.286 bits per heavy atom. The maximum absolute atomic E-state index is 14.1. The monoisotopic (exact) mass is 1190 g/mol. The summed E-state index contributed by atoms with van der Waals surface area (Å²) in [7, 11) is 0. The number of nitrogens with one attached hydrogen (secondary N) is 6. The number of hydrogen-bond donors (Lipinski definition) is 6. The number of ether oxygens (including phenoxy) is 6. The summed E-state index contributed by atoms with van der Waals surface area (Å²) in [6, 6.07) is -8.47. The summed E-state index contributed by atoms with van der Waals surface area (Å²) in [5, 5.41) is 15.6. The van der Waals surface area contributed by atoms with E-state index in [2.05, 4.69) is 31.9 Å². The minimum atomic E-state index is -1.54. The fourth-order valence-electron chi connectivity index (χ4n) is 8.54. The number of carbonyl (C=O) groups is 12. The van der Waals surface area contributed by atoms with E-state index in [1.807, 2.05) is 0 Å². The molecular formula is C60H102N6O18. The lowest BCUT2D eigenvalue weighted by Gasteiger charge is -2.32. The molecule has 24 nitrogen and oxygen atoms in total. The molecule has 0 radical (unpaired) electrons. The molecule has 6 N–H and O–H groups in total. The van der Waals surface area contributed by atoms with Crippen molar-refractivity contribution in [2.75, 3.05) is 0 Å². The summed E-state index contributed by atoms with van der Waals surface area (Å²) in [6.45, 7) is 38.3. The van der Waals surface area contributed by atoms with Crippen LogP contribution in [-0.4, -0.2) is 144 Å². The Kier molecular flexibility index (Phi) is 30.6. The summed E-state index contributed by atoms with van der Waals surface area (Å²) in [4.78, 5) is 169. The van der Waals surface area contributed by atoms with E-state index in [0.29, 0.717) is 0 Å². The molecule has 1 heterocycles. The van der Waals surface area contributed by atoms with Crippen LogP contribution in [-0.2, 0) is 86.0 Å². The third kappa shape index (κ3) is 22.2. The minimum Gasteiger partial charge on any atom is -0.450 e. The normalized spacial score (nSPS) is 27.9. The fourth-order valence-corrected chi connectivity index (χ4v) is 8.54. The Labute approximate surface area is 497 Å². The molecule has 0 aromatic rings. The fraction of sp³-hybridized carbons (Fsp3) is 0.800. The van der Waals surface area contributed by atoms with Crippen LogP contribution in [0, 0.1) is 71.0 Å². The highest BCUT2D eigenvalue weighted by Crippen LogP contribution is 2.22. The van der Waals surface area contributed by atoms with E-state index >= 15 is 0 Å². The lowest BCUT2D eigenvalue weighted by atomic mass is 9.99. The van der Waals surface area contributed by atoms with Crippen LogP contribution >= 0.6 is 0 Å². The highest BCUT2D eigenvalue weighted by atomic mass is 16.6. The molecule has 0 aromatic heterocycles. The smallest absolute Gasteiger partial charge is 0.329 e. The summed E-state index contributed by atoms with van der Waals surface area (Å²) in [5.41, 5.74) is 0. The first-order valence-corrected chi connectivity index (χ1v) is 29.6. The molecule has 0 aliphatic carbocycles. The molecule has 12 atom stereocenters. The topological polar surface area (TPSA) is 332 Å². The second-order valence-electron chi connectivity index (χ2n) is 26.0. The van der Waals surface area contributed by atoms with Gasteiger partial charge >= 0.3 is 35.8 Å². The average Bonchev–Trinajstić information content (AvgIpc) is 3.59. The Morgan fingerprint density at radius 1 is 0.190 bits per heavy atom. The maximum atomic E-state index is 14.1. The molecule has 0 bridgehead atoms. The van der Waals surface area contributed by atoms with E-state index in [9.17, 15) is 57.5 Å². The predicted molar refractivity (Wildman–Crippen MR) is 309 cm³/mol. The number of cyclic esters (lactones) is 6. The van der Waals surface area contributed by atoms with Gasteiger partial charge < -0.3 is 60.3 Å². The van der Waals surface area contributed by atoms with Gasteiger partial charge in [0.1, 0.15) is 36.3 Å². The van der Waals surface area contributed by atoms with Crippen molar-refractivity contribution >= 4 is 71.3 Å². The zero-order valence-electron chi connectivity index (χ0n) is 54.2. The van der Waals surface area contributed by atoms with Crippen LogP contribution in [0.1, 0.15) is 166 Å². The predicted octanol–water partition coefficient (Wildman–Crippen LogP) is 4.25. The molecule has 480 valence electrons. The first kappa shape index (κ1) is 75.7. The van der Waals surface area contributed by atoms with Crippen LogP contribution < -0.4 is 31.9 Å². The van der Waals surface area contributed by atoms with Crippen LogP contribution in [0.25, 0.3) is 0 Å². The van der Waals surface area contributed by atoms with E-state index in [1.54, 1.807) is 166 Å². The molecule has 1 aliphatic rings. The zero-order valence-corrected chi connectivity index (χ0v) is 54.2. The summed E-state index contributed by atoms with van der Waals surface area (Å²) in [5.74, 6) is -19.8. The van der Waals surface area contributed by atoms with Crippen LogP contribution in [0.4, 0.5) is 0 Å². The van der Waals surface area contributed by atoms with E-state index in [1.165, 1.54) is 0 Å². The van der Waals surface area contributed by atoms with Gasteiger partial charge in [-0.3, -0.25) is 28.8 Å². The van der Waals surface area contributed by atoms with Gasteiger partial charge in [-0.25, -0.2) is 28.8 Å². The molecule has 1 aliphatic heterocycles. The number of rotatable bonds is 12. The minimum absolute atomic E-state index is 0.661. The van der Waals surface area contributed by atoms with Gasteiger partial charge in [0, 0.05) is 0 Å². The standard InChI is InChI=1S/C60H102N6O18/c1-25(2)37-55(73)79-44(32(15)16)50(68)62-39(27(5)6)57(75)81-46(34(19)20)52(70)64-41(29(9)10)59(77)83-48(36(23)24)54(72)66-42(30(11)12)60(78)84-47(35(21)22)53(71)65-40(28(7)8)58(76)82-45(33(17)18)51(69)63-38(26(3)4)56(74)80-43(31(13)14)49(67)61-37/h25-48H,1-24H3,(H,61,67)(H,62,68)(H,63,69)(H,64,70)(H,65,71)(H,66,72)/t37-,38+,39+,40-,41-,42+,43-,44-,45+,46-,47-,48+/m1/s1. The van der Waals surface area contributed by atoms with Crippen LogP contribution in [0.3, 0.4) is 0 Å². The highest BCUT2D eigenvalue weighted by molar-refractivity contribution is 5.96. The van der Waals surface area contributed by atoms with Gasteiger partial charge in [-0.2, -0.15) is 0 Å². The molecular weight excluding hydrogens is 1090 g/mol. The second kappa shape index (κ2) is 34.0. The van der Waals surface area contributed by atoms with Crippen molar-refractivity contribution < 1.29 is 86.0 Å². The van der Waals surface area contributed by atoms with Crippen molar-refractivity contribution in [1.82, 2.24) is 31.9 Å². The molecule has 1 saturated heterocycles. The average molecular weight is 1200 g/mol. The number of hydrogen-bond acceptors (Lipinski definition) is 18. The van der Waals surface area contributed by atoms with Crippen LogP contribution in [0.15, 0.2) is 0 Å². The largest absolute Gasteiger partial charge is 0.450 e. The van der Waals surface area contributed by atoms with E-state index in [-0.39, 0.29) is 0 Å². The summed E-state index contributed by atoms with van der Waals surface area (Å²) < 4.78 is 34.7. The Morgan fingerprint density at radius 3 is 0.357 bits per heavy atom. The molecule has 24 heteroatoms. The molecule has 0 aromatic carbocycles. The molecule has 6 amide bonds. The number of amides is 6. The molecule has 84 heavy (non-hydrogen) atoms. The van der Waals surface area contributed by atoms with Crippen molar-refractivity contribution in [1.29, 1.82) is 0 Å². The van der Waals surface area contributed by atoms with Crippen molar-refractivity contribution in [2.24, 2.45) is 71.0 Å². The highest BCUT2D eigenvalue weighted by Gasteiger charge is 2.44. The van der Waals surface area contributed by atoms with Gasteiger partial charge in [-0.15, -0.1) is 0 Å². The van der Waals surface area contributed by atoms with Crippen LogP contribution in [0.5, 0.6) is 0 Å². The lowest BCUT2D eigenvalue weighted by Crippen LogP contribution is -2.57. The molecule has 0 unspecified atom stereocenters. The molecule has 0 saturated carbocycles. The quantitative estimate of drug-likeness (QED) is 0.117. The number of carbonyl (C=O) groups excluding carboxylic acids is 12. The number of esters is 6. The van der Waals surface area contributed by atoms with Gasteiger partial charge in [0.2, 0.25) is 0 Å². The van der Waals surface area contributed by atoms with Gasteiger partial charge in [-0.05, 0) is 71.0 Å². The van der Waals surface area contributed by atoms with Crippen molar-refractivity contribution in [2.45, 2.75) is 239 Å². The maximum Gasteiger partial charge on any atom is 0.329 e. The Balaban J connectivity index is 4.10. The molecule has 1 rings (SSSR count). The van der Waals surface area contributed by atoms with Crippen LogP contribution in [0.2, 0.25) is 0 Å². The van der Waals surface area contributed by atoms with E-state index < -0.39 is 215 Å².